The van der Waals surface area contributed by atoms with Gasteiger partial charge in [0.05, 0.1) is 30.3 Å². The minimum Gasteiger partial charge on any atom is -0.496 e. The Hall–Kier alpha value is -2.59. The summed E-state index contributed by atoms with van der Waals surface area (Å²) in [5.74, 6) is 1.30. The highest BCUT2D eigenvalue weighted by Crippen LogP contribution is 2.42. The van der Waals surface area contributed by atoms with Gasteiger partial charge in [0.1, 0.15) is 17.6 Å². The number of ether oxygens (including phenoxy) is 3. The lowest BCUT2D eigenvalue weighted by Gasteiger charge is -2.28. The summed E-state index contributed by atoms with van der Waals surface area (Å²) in [5, 5.41) is 0. The molecule has 4 heteroatoms. The minimum atomic E-state index is -0.439. The Morgan fingerprint density at radius 3 is 2.50 bits per heavy atom. The van der Waals surface area contributed by atoms with Crippen LogP contribution in [0.25, 0.3) is 6.08 Å². The first kappa shape index (κ1) is 18.2. The van der Waals surface area contributed by atoms with Crippen LogP contribution >= 0.6 is 0 Å². The summed E-state index contributed by atoms with van der Waals surface area (Å²) < 4.78 is 17.2. The van der Waals surface area contributed by atoms with Crippen molar-refractivity contribution in [3.05, 3.63) is 65.2 Å². The molecule has 0 fully saturated rings. The van der Waals surface area contributed by atoms with E-state index < -0.39 is 5.60 Å². The Balaban J connectivity index is 2.06. The second kappa shape index (κ2) is 7.34. The van der Waals surface area contributed by atoms with E-state index in [0.29, 0.717) is 23.5 Å². The zero-order chi connectivity index (χ0) is 18.7. The predicted octanol–water partition coefficient (Wildman–Crippen LogP) is 4.84. The lowest BCUT2D eigenvalue weighted by molar-refractivity contribution is 0.0663. The predicted molar refractivity (Wildman–Crippen MR) is 102 cm³/mol. The maximum atomic E-state index is 12.7. The summed E-state index contributed by atoms with van der Waals surface area (Å²) in [6.07, 6.45) is 3.87. The van der Waals surface area contributed by atoms with Gasteiger partial charge in [0.15, 0.2) is 5.78 Å². The SMILES string of the molecule is COc1ccc2c(c1/C=C\C(C)(C)OC)O[C@H](c1ccccc1)CC2=O. The molecule has 0 radical (unpaired) electrons. The summed E-state index contributed by atoms with van der Waals surface area (Å²) in [6.45, 7) is 3.92. The maximum Gasteiger partial charge on any atom is 0.170 e. The van der Waals surface area contributed by atoms with E-state index >= 15 is 0 Å². The number of carbonyl (C=O) groups excluding carboxylic acids is 1. The number of rotatable bonds is 5. The van der Waals surface area contributed by atoms with Crippen LogP contribution in [0.4, 0.5) is 0 Å². The van der Waals surface area contributed by atoms with E-state index in [4.69, 9.17) is 14.2 Å². The van der Waals surface area contributed by atoms with Gasteiger partial charge in [0.2, 0.25) is 0 Å². The quantitative estimate of drug-likeness (QED) is 0.772. The second-order valence-electron chi connectivity index (χ2n) is 6.84. The zero-order valence-corrected chi connectivity index (χ0v) is 15.6. The molecule has 0 N–H and O–H groups in total. The fourth-order valence-electron chi connectivity index (χ4n) is 2.93. The molecule has 1 aliphatic rings. The van der Waals surface area contributed by atoms with Gasteiger partial charge >= 0.3 is 0 Å². The van der Waals surface area contributed by atoms with Crippen molar-refractivity contribution in [1.29, 1.82) is 0 Å². The van der Waals surface area contributed by atoms with Gasteiger partial charge in [-0.3, -0.25) is 4.79 Å². The van der Waals surface area contributed by atoms with E-state index in [-0.39, 0.29) is 11.9 Å². The third kappa shape index (κ3) is 3.65. The number of carbonyl (C=O) groups is 1. The molecule has 0 spiro atoms. The van der Waals surface area contributed by atoms with Gasteiger partial charge in [0.25, 0.3) is 0 Å². The largest absolute Gasteiger partial charge is 0.496 e. The average molecular weight is 352 g/mol. The average Bonchev–Trinajstić information content (AvgIpc) is 2.66. The molecule has 1 atom stereocenters. The van der Waals surface area contributed by atoms with Crippen LogP contribution in [-0.4, -0.2) is 25.6 Å². The van der Waals surface area contributed by atoms with Crippen LogP contribution in [0.2, 0.25) is 0 Å². The molecule has 2 aromatic rings. The van der Waals surface area contributed by atoms with Gasteiger partial charge in [-0.25, -0.2) is 0 Å². The number of hydrogen-bond donors (Lipinski definition) is 0. The van der Waals surface area contributed by atoms with Crippen molar-refractivity contribution in [2.75, 3.05) is 14.2 Å². The summed E-state index contributed by atoms with van der Waals surface area (Å²) >= 11 is 0. The van der Waals surface area contributed by atoms with Crippen LogP contribution in [0.3, 0.4) is 0 Å². The van der Waals surface area contributed by atoms with E-state index in [2.05, 4.69) is 0 Å². The van der Waals surface area contributed by atoms with Crippen LogP contribution in [0, 0.1) is 0 Å². The number of ketones is 1. The molecule has 2 aromatic carbocycles. The van der Waals surface area contributed by atoms with Crippen molar-refractivity contribution in [2.45, 2.75) is 32.0 Å². The van der Waals surface area contributed by atoms with E-state index in [9.17, 15) is 4.79 Å². The zero-order valence-electron chi connectivity index (χ0n) is 15.6. The van der Waals surface area contributed by atoms with Crippen molar-refractivity contribution in [2.24, 2.45) is 0 Å². The van der Waals surface area contributed by atoms with Crippen molar-refractivity contribution in [3.63, 3.8) is 0 Å². The molecular formula is C22H24O4. The van der Waals surface area contributed by atoms with E-state index in [1.807, 2.05) is 62.4 Å². The van der Waals surface area contributed by atoms with Crippen LogP contribution in [0.1, 0.15) is 47.9 Å². The standard InChI is InChI=1S/C22H24O4/c1-22(2,25-4)13-12-17-19(24-3)11-10-16-18(23)14-20(26-21(16)17)15-8-6-5-7-9-15/h5-13,20H,14H2,1-4H3/b13-12-/t20-/m0/s1. The summed E-state index contributed by atoms with van der Waals surface area (Å²) in [4.78, 5) is 12.7. The van der Waals surface area contributed by atoms with Crippen molar-refractivity contribution >= 4 is 11.9 Å². The number of Topliss-reactive ketones (excluding diaryl/α,β-unsaturated/α-hetero) is 1. The molecule has 0 amide bonds. The molecule has 0 bridgehead atoms. The van der Waals surface area contributed by atoms with Gasteiger partial charge in [-0.2, -0.15) is 0 Å². The molecular weight excluding hydrogens is 328 g/mol. The normalized spacial score (nSPS) is 17.1. The molecule has 0 saturated heterocycles. The van der Waals surface area contributed by atoms with Crippen LogP contribution in [-0.2, 0) is 4.74 Å². The Morgan fingerprint density at radius 1 is 1.12 bits per heavy atom. The molecule has 136 valence electrons. The molecule has 26 heavy (non-hydrogen) atoms. The Kier molecular flexibility index (Phi) is 5.14. The monoisotopic (exact) mass is 352 g/mol. The first-order valence-corrected chi connectivity index (χ1v) is 8.65. The first-order valence-electron chi connectivity index (χ1n) is 8.65. The third-order valence-corrected chi connectivity index (χ3v) is 4.66. The van der Waals surface area contributed by atoms with Crippen LogP contribution < -0.4 is 9.47 Å². The van der Waals surface area contributed by atoms with Crippen molar-refractivity contribution in [1.82, 2.24) is 0 Å². The number of fused-ring (bicyclic) bond motifs is 1. The lowest BCUT2D eigenvalue weighted by atomic mass is 9.93. The fourth-order valence-corrected chi connectivity index (χ4v) is 2.93. The van der Waals surface area contributed by atoms with Crippen molar-refractivity contribution < 1.29 is 19.0 Å². The van der Waals surface area contributed by atoms with Gasteiger partial charge in [-0.05, 0) is 37.6 Å². The Labute approximate surface area is 154 Å². The second-order valence-corrected chi connectivity index (χ2v) is 6.84. The van der Waals surface area contributed by atoms with Gasteiger partial charge in [-0.15, -0.1) is 0 Å². The van der Waals surface area contributed by atoms with E-state index in [0.717, 1.165) is 11.1 Å². The Bertz CT molecular complexity index is 822. The minimum absolute atomic E-state index is 0.0726. The molecule has 0 unspecified atom stereocenters. The topological polar surface area (TPSA) is 44.8 Å². The highest BCUT2D eigenvalue weighted by molar-refractivity contribution is 6.01. The van der Waals surface area contributed by atoms with Crippen molar-refractivity contribution in [3.8, 4) is 11.5 Å². The van der Waals surface area contributed by atoms with Gasteiger partial charge < -0.3 is 14.2 Å². The molecule has 0 aliphatic carbocycles. The number of benzene rings is 2. The molecule has 1 heterocycles. The summed E-state index contributed by atoms with van der Waals surface area (Å²) in [7, 11) is 3.27. The summed E-state index contributed by atoms with van der Waals surface area (Å²) in [5.41, 5.74) is 1.89. The highest BCUT2D eigenvalue weighted by Gasteiger charge is 2.30. The smallest absolute Gasteiger partial charge is 0.170 e. The first-order chi connectivity index (χ1) is 12.4. The van der Waals surface area contributed by atoms with Gasteiger partial charge in [0, 0.05) is 7.11 Å². The van der Waals surface area contributed by atoms with Gasteiger partial charge in [-0.1, -0.05) is 36.4 Å². The summed E-state index contributed by atoms with van der Waals surface area (Å²) in [6, 6.07) is 13.4. The molecule has 0 saturated carbocycles. The molecule has 3 rings (SSSR count). The fraction of sp³-hybridized carbons (Fsp3) is 0.318. The number of hydrogen-bond acceptors (Lipinski definition) is 4. The third-order valence-electron chi connectivity index (χ3n) is 4.66. The van der Waals surface area contributed by atoms with Crippen LogP contribution in [0.15, 0.2) is 48.5 Å². The molecule has 1 aliphatic heterocycles. The maximum absolute atomic E-state index is 12.7. The highest BCUT2D eigenvalue weighted by atomic mass is 16.5. The van der Waals surface area contributed by atoms with E-state index in [1.165, 1.54) is 0 Å². The van der Waals surface area contributed by atoms with Crippen LogP contribution in [0.5, 0.6) is 11.5 Å². The number of methoxy groups -OCH3 is 2. The molecule has 0 aromatic heterocycles. The Morgan fingerprint density at radius 2 is 1.85 bits per heavy atom. The van der Waals surface area contributed by atoms with E-state index in [1.54, 1.807) is 20.3 Å². The lowest BCUT2D eigenvalue weighted by Crippen LogP contribution is -2.21. The molecule has 4 nitrogen and oxygen atoms in total.